The second kappa shape index (κ2) is 6.43. The van der Waals surface area contributed by atoms with Gasteiger partial charge >= 0.3 is 0 Å². The van der Waals surface area contributed by atoms with Crippen LogP contribution in [0.5, 0.6) is 0 Å². The lowest BCUT2D eigenvalue weighted by Crippen LogP contribution is -2.23. The van der Waals surface area contributed by atoms with Crippen LogP contribution < -0.4 is 10.6 Å². The number of rotatable bonds is 6. The Morgan fingerprint density at radius 1 is 1.44 bits per heavy atom. The highest BCUT2D eigenvalue weighted by Crippen LogP contribution is 2.13. The molecule has 1 heterocycles. The first-order chi connectivity index (χ1) is 7.63. The lowest BCUT2D eigenvalue weighted by molar-refractivity contribution is 0.579. The molecule has 0 saturated carbocycles. The molecule has 0 unspecified atom stereocenters. The molecule has 0 fully saturated rings. The molecule has 0 spiro atoms. The molecule has 3 nitrogen and oxygen atoms in total. The van der Waals surface area contributed by atoms with E-state index >= 15 is 0 Å². The van der Waals surface area contributed by atoms with Gasteiger partial charge in [-0.3, -0.25) is 0 Å². The van der Waals surface area contributed by atoms with Crippen LogP contribution in [0.2, 0.25) is 0 Å². The van der Waals surface area contributed by atoms with E-state index in [-0.39, 0.29) is 5.82 Å². The average molecular weight is 225 g/mol. The van der Waals surface area contributed by atoms with Gasteiger partial charge in [-0.25, -0.2) is 9.37 Å². The topological polar surface area (TPSA) is 37.0 Å². The van der Waals surface area contributed by atoms with Crippen LogP contribution in [0.3, 0.4) is 0 Å². The van der Waals surface area contributed by atoms with E-state index in [1.54, 1.807) is 0 Å². The van der Waals surface area contributed by atoms with E-state index in [0.717, 1.165) is 24.3 Å². The highest BCUT2D eigenvalue weighted by molar-refractivity contribution is 5.43. The van der Waals surface area contributed by atoms with Crippen molar-refractivity contribution in [1.29, 1.82) is 0 Å². The second-order valence-corrected chi connectivity index (χ2v) is 4.12. The van der Waals surface area contributed by atoms with Gasteiger partial charge in [0, 0.05) is 24.7 Å². The molecular formula is C12H20FN3. The van der Waals surface area contributed by atoms with Crippen molar-refractivity contribution in [1.82, 2.24) is 10.3 Å². The minimum atomic E-state index is -0.289. The molecule has 0 bridgehead atoms. The molecule has 4 heteroatoms. The van der Waals surface area contributed by atoms with Crippen LogP contribution in [-0.2, 0) is 6.54 Å². The normalized spacial score (nSPS) is 10.8. The summed E-state index contributed by atoms with van der Waals surface area (Å²) in [7, 11) is 0. The van der Waals surface area contributed by atoms with Crippen LogP contribution in [0, 0.1) is 5.82 Å². The van der Waals surface area contributed by atoms with Gasteiger partial charge in [0.15, 0.2) is 0 Å². The van der Waals surface area contributed by atoms with Crippen molar-refractivity contribution in [3.63, 3.8) is 0 Å². The summed E-state index contributed by atoms with van der Waals surface area (Å²) in [5.74, 6) is 0.485. The SMILES string of the molecule is CCCNc1ncc(F)cc1CNC(C)C. The zero-order valence-electron chi connectivity index (χ0n) is 10.2. The molecule has 1 aromatic heterocycles. The lowest BCUT2D eigenvalue weighted by Gasteiger charge is -2.13. The quantitative estimate of drug-likeness (QED) is 0.781. The van der Waals surface area contributed by atoms with Gasteiger partial charge in [0.05, 0.1) is 6.20 Å². The first kappa shape index (κ1) is 12.9. The van der Waals surface area contributed by atoms with E-state index < -0.39 is 0 Å². The van der Waals surface area contributed by atoms with Gasteiger partial charge < -0.3 is 10.6 Å². The number of hydrogen-bond donors (Lipinski definition) is 2. The maximum Gasteiger partial charge on any atom is 0.141 e. The molecule has 0 aliphatic carbocycles. The van der Waals surface area contributed by atoms with Gasteiger partial charge in [-0.1, -0.05) is 20.8 Å². The van der Waals surface area contributed by atoms with E-state index in [9.17, 15) is 4.39 Å². The number of anilines is 1. The Morgan fingerprint density at radius 3 is 2.81 bits per heavy atom. The zero-order valence-corrected chi connectivity index (χ0v) is 10.2. The Balaban J connectivity index is 2.72. The van der Waals surface area contributed by atoms with Gasteiger partial charge in [0.25, 0.3) is 0 Å². The summed E-state index contributed by atoms with van der Waals surface area (Å²) >= 11 is 0. The van der Waals surface area contributed by atoms with E-state index in [4.69, 9.17) is 0 Å². The molecular weight excluding hydrogens is 205 g/mol. The predicted molar refractivity (Wildman–Crippen MR) is 65.0 cm³/mol. The molecule has 0 atom stereocenters. The van der Waals surface area contributed by atoms with Crippen molar-refractivity contribution in [2.24, 2.45) is 0 Å². The molecule has 0 aliphatic rings. The molecule has 1 rings (SSSR count). The lowest BCUT2D eigenvalue weighted by atomic mass is 10.2. The number of nitrogens with zero attached hydrogens (tertiary/aromatic N) is 1. The van der Waals surface area contributed by atoms with E-state index in [1.807, 2.05) is 0 Å². The van der Waals surface area contributed by atoms with Crippen LogP contribution in [0.1, 0.15) is 32.8 Å². The smallest absolute Gasteiger partial charge is 0.141 e. The fourth-order valence-electron chi connectivity index (χ4n) is 1.33. The summed E-state index contributed by atoms with van der Waals surface area (Å²) in [4.78, 5) is 4.07. The summed E-state index contributed by atoms with van der Waals surface area (Å²) in [5, 5.41) is 6.46. The minimum absolute atomic E-state index is 0.289. The first-order valence-corrected chi connectivity index (χ1v) is 5.75. The minimum Gasteiger partial charge on any atom is -0.370 e. The van der Waals surface area contributed by atoms with Gasteiger partial charge in [0.1, 0.15) is 11.6 Å². The van der Waals surface area contributed by atoms with Crippen LogP contribution >= 0.6 is 0 Å². The van der Waals surface area contributed by atoms with Gasteiger partial charge in [-0.05, 0) is 12.5 Å². The Labute approximate surface area is 96.5 Å². The third-order valence-corrected chi connectivity index (χ3v) is 2.18. The summed E-state index contributed by atoms with van der Waals surface area (Å²) in [6.07, 6.45) is 2.27. The fourth-order valence-corrected chi connectivity index (χ4v) is 1.33. The van der Waals surface area contributed by atoms with E-state index in [0.29, 0.717) is 12.6 Å². The molecule has 0 aromatic carbocycles. The van der Waals surface area contributed by atoms with Crippen molar-refractivity contribution >= 4 is 5.82 Å². The number of nitrogens with one attached hydrogen (secondary N) is 2. The Morgan fingerprint density at radius 2 is 2.19 bits per heavy atom. The summed E-state index contributed by atoms with van der Waals surface area (Å²) in [6, 6.07) is 1.91. The Kier molecular flexibility index (Phi) is 5.19. The second-order valence-electron chi connectivity index (χ2n) is 4.12. The van der Waals surface area contributed by atoms with Crippen LogP contribution in [0.25, 0.3) is 0 Å². The Hall–Kier alpha value is -1.16. The monoisotopic (exact) mass is 225 g/mol. The van der Waals surface area contributed by atoms with Gasteiger partial charge in [-0.15, -0.1) is 0 Å². The standard InChI is InChI=1S/C12H20FN3/c1-4-5-14-12-10(7-15-9(2)3)6-11(13)8-16-12/h6,8-9,15H,4-5,7H2,1-3H3,(H,14,16). The van der Waals surface area contributed by atoms with Crippen molar-refractivity contribution in [3.8, 4) is 0 Å². The molecule has 0 saturated heterocycles. The van der Waals surface area contributed by atoms with Crippen molar-refractivity contribution in [3.05, 3.63) is 23.6 Å². The molecule has 16 heavy (non-hydrogen) atoms. The fraction of sp³-hybridized carbons (Fsp3) is 0.583. The van der Waals surface area contributed by atoms with Crippen LogP contribution in [-0.4, -0.2) is 17.6 Å². The molecule has 0 radical (unpaired) electrons. The average Bonchev–Trinajstić information content (AvgIpc) is 2.25. The number of halogens is 1. The molecule has 2 N–H and O–H groups in total. The number of aromatic nitrogens is 1. The largest absolute Gasteiger partial charge is 0.370 e. The maximum absolute atomic E-state index is 13.1. The van der Waals surface area contributed by atoms with Crippen LogP contribution in [0.4, 0.5) is 10.2 Å². The van der Waals surface area contributed by atoms with Crippen molar-refractivity contribution in [2.45, 2.75) is 39.8 Å². The zero-order chi connectivity index (χ0) is 12.0. The highest BCUT2D eigenvalue weighted by Gasteiger charge is 2.05. The Bertz CT molecular complexity index is 326. The van der Waals surface area contributed by atoms with Gasteiger partial charge in [-0.2, -0.15) is 0 Å². The van der Waals surface area contributed by atoms with E-state index in [1.165, 1.54) is 12.3 Å². The van der Waals surface area contributed by atoms with Crippen LogP contribution in [0.15, 0.2) is 12.3 Å². The van der Waals surface area contributed by atoms with E-state index in [2.05, 4.69) is 36.4 Å². The highest BCUT2D eigenvalue weighted by atomic mass is 19.1. The third kappa shape index (κ3) is 4.14. The number of pyridine rings is 1. The first-order valence-electron chi connectivity index (χ1n) is 5.75. The maximum atomic E-state index is 13.1. The predicted octanol–water partition coefficient (Wildman–Crippen LogP) is 2.54. The van der Waals surface area contributed by atoms with Crippen molar-refractivity contribution < 1.29 is 4.39 Å². The van der Waals surface area contributed by atoms with Gasteiger partial charge in [0.2, 0.25) is 0 Å². The summed E-state index contributed by atoms with van der Waals surface area (Å²) < 4.78 is 13.1. The molecule has 1 aromatic rings. The number of hydrogen-bond acceptors (Lipinski definition) is 3. The third-order valence-electron chi connectivity index (χ3n) is 2.18. The molecule has 0 aliphatic heterocycles. The molecule has 90 valence electrons. The molecule has 0 amide bonds. The summed E-state index contributed by atoms with van der Waals surface area (Å²) in [5.41, 5.74) is 0.877. The summed E-state index contributed by atoms with van der Waals surface area (Å²) in [6.45, 7) is 7.70. The van der Waals surface area contributed by atoms with Crippen molar-refractivity contribution in [2.75, 3.05) is 11.9 Å².